The van der Waals surface area contributed by atoms with Gasteiger partial charge in [-0.15, -0.1) is 0 Å². The summed E-state index contributed by atoms with van der Waals surface area (Å²) in [6.07, 6.45) is -2.35. The van der Waals surface area contributed by atoms with Gasteiger partial charge in [0.1, 0.15) is 10.4 Å². The Morgan fingerprint density at radius 1 is 1.19 bits per heavy atom. The van der Waals surface area contributed by atoms with Crippen molar-refractivity contribution in [3.63, 3.8) is 0 Å². The summed E-state index contributed by atoms with van der Waals surface area (Å²) in [4.78, 5) is 19.4. The van der Waals surface area contributed by atoms with E-state index in [-0.39, 0.29) is 11.4 Å². The first kappa shape index (κ1) is 15.4. The Balaban J connectivity index is 2.25. The van der Waals surface area contributed by atoms with Crippen LogP contribution < -0.4 is 5.32 Å². The molecule has 1 amide bonds. The lowest BCUT2D eigenvalue weighted by Crippen LogP contribution is -2.16. The molecule has 110 valence electrons. The number of hydrogen-bond donors (Lipinski definition) is 1. The van der Waals surface area contributed by atoms with E-state index in [2.05, 4.69) is 31.2 Å². The van der Waals surface area contributed by atoms with E-state index in [1.807, 2.05) is 0 Å². The summed E-state index contributed by atoms with van der Waals surface area (Å²) in [7, 11) is 0. The smallest absolute Gasteiger partial charge is 0.305 e. The van der Waals surface area contributed by atoms with E-state index in [0.717, 1.165) is 6.07 Å². The van der Waals surface area contributed by atoms with Gasteiger partial charge in [-0.05, 0) is 34.1 Å². The molecule has 0 spiro atoms. The van der Waals surface area contributed by atoms with Crippen molar-refractivity contribution in [1.82, 2.24) is 9.97 Å². The molecule has 2 rings (SSSR count). The fraction of sp³-hybridized carbons (Fsp3) is 0.0833. The number of nitrogens with zero attached hydrogens (tertiary/aromatic N) is 2. The highest BCUT2D eigenvalue weighted by molar-refractivity contribution is 9.10. The van der Waals surface area contributed by atoms with Gasteiger partial charge in [0.05, 0.1) is 18.0 Å². The quantitative estimate of drug-likeness (QED) is 0.828. The molecule has 0 bridgehead atoms. The van der Waals surface area contributed by atoms with Crippen LogP contribution in [0.25, 0.3) is 0 Å². The first-order valence-electron chi connectivity index (χ1n) is 5.43. The Labute approximate surface area is 124 Å². The SMILES string of the molecule is O=C(Nc1cnc(Br)cn1)c1ccc(F)c(C(F)(F)F)c1. The van der Waals surface area contributed by atoms with Gasteiger partial charge in [-0.2, -0.15) is 13.2 Å². The summed E-state index contributed by atoms with van der Waals surface area (Å²) in [5, 5.41) is 2.26. The third kappa shape index (κ3) is 3.75. The second kappa shape index (κ2) is 5.76. The standard InChI is InChI=1S/C12H6BrF4N3O/c13-9-4-19-10(5-18-9)20-11(21)6-1-2-8(14)7(3-6)12(15,16)17/h1-5H,(H,19,20,21). The third-order valence-corrected chi connectivity index (χ3v) is 2.81. The molecule has 9 heteroatoms. The number of hydrogen-bond acceptors (Lipinski definition) is 3. The highest BCUT2D eigenvalue weighted by Gasteiger charge is 2.34. The number of alkyl halides is 3. The molecule has 1 aromatic heterocycles. The highest BCUT2D eigenvalue weighted by Crippen LogP contribution is 2.32. The maximum absolute atomic E-state index is 13.1. The summed E-state index contributed by atoms with van der Waals surface area (Å²) in [5.74, 6) is -2.24. The van der Waals surface area contributed by atoms with E-state index >= 15 is 0 Å². The van der Waals surface area contributed by atoms with Crippen LogP contribution in [0.2, 0.25) is 0 Å². The van der Waals surface area contributed by atoms with Gasteiger partial charge in [0.2, 0.25) is 0 Å². The average Bonchev–Trinajstić information content (AvgIpc) is 2.40. The average molecular weight is 364 g/mol. The van der Waals surface area contributed by atoms with Crippen LogP contribution in [0, 0.1) is 5.82 Å². The molecule has 1 N–H and O–H groups in total. The molecule has 0 unspecified atom stereocenters. The van der Waals surface area contributed by atoms with E-state index in [1.165, 1.54) is 12.4 Å². The zero-order valence-corrected chi connectivity index (χ0v) is 11.7. The molecule has 0 aliphatic heterocycles. The minimum absolute atomic E-state index is 0.0566. The van der Waals surface area contributed by atoms with E-state index in [0.29, 0.717) is 16.7 Å². The topological polar surface area (TPSA) is 54.9 Å². The van der Waals surface area contributed by atoms with Gasteiger partial charge >= 0.3 is 6.18 Å². The summed E-state index contributed by atoms with van der Waals surface area (Å²) in [6, 6.07) is 1.98. The van der Waals surface area contributed by atoms with Crippen LogP contribution in [0.3, 0.4) is 0 Å². The van der Waals surface area contributed by atoms with Crippen molar-refractivity contribution in [3.8, 4) is 0 Å². The molecule has 1 aromatic carbocycles. The number of anilines is 1. The molecule has 2 aromatic rings. The van der Waals surface area contributed by atoms with Crippen LogP contribution in [0.1, 0.15) is 15.9 Å². The zero-order chi connectivity index (χ0) is 15.6. The number of carbonyl (C=O) groups excluding carboxylic acids is 1. The third-order valence-electron chi connectivity index (χ3n) is 2.40. The van der Waals surface area contributed by atoms with Gasteiger partial charge in [-0.1, -0.05) is 0 Å². The van der Waals surface area contributed by atoms with Crippen LogP contribution in [0.4, 0.5) is 23.4 Å². The summed E-state index contributed by atoms with van der Waals surface area (Å²) in [6.45, 7) is 0. The Morgan fingerprint density at radius 3 is 2.48 bits per heavy atom. The summed E-state index contributed by atoms with van der Waals surface area (Å²) < 4.78 is 51.2. The summed E-state index contributed by atoms with van der Waals surface area (Å²) in [5.41, 5.74) is -1.84. The van der Waals surface area contributed by atoms with Crippen molar-refractivity contribution in [2.45, 2.75) is 6.18 Å². The molecule has 0 saturated carbocycles. The second-order valence-electron chi connectivity index (χ2n) is 3.87. The Bertz CT molecular complexity index is 673. The lowest BCUT2D eigenvalue weighted by atomic mass is 10.1. The molecule has 0 saturated heterocycles. The van der Waals surface area contributed by atoms with Gasteiger partial charge in [-0.25, -0.2) is 14.4 Å². The van der Waals surface area contributed by atoms with Crippen LogP contribution in [0.5, 0.6) is 0 Å². The number of nitrogens with one attached hydrogen (secondary N) is 1. The number of carbonyl (C=O) groups is 1. The highest BCUT2D eigenvalue weighted by atomic mass is 79.9. The molecule has 0 radical (unpaired) electrons. The molecule has 1 heterocycles. The molecule has 0 aliphatic carbocycles. The molecule has 0 aliphatic rings. The van der Waals surface area contributed by atoms with E-state index in [1.54, 1.807) is 0 Å². The van der Waals surface area contributed by atoms with Gasteiger partial charge in [0.25, 0.3) is 5.91 Å². The molecule has 4 nitrogen and oxygen atoms in total. The maximum Gasteiger partial charge on any atom is 0.419 e. The monoisotopic (exact) mass is 363 g/mol. The molecular weight excluding hydrogens is 358 g/mol. The number of amides is 1. The fourth-order valence-electron chi connectivity index (χ4n) is 1.45. The molecule has 0 atom stereocenters. The molecule has 0 fully saturated rings. The number of aromatic nitrogens is 2. The van der Waals surface area contributed by atoms with Gasteiger partial charge in [0, 0.05) is 5.56 Å². The van der Waals surface area contributed by atoms with Crippen molar-refractivity contribution < 1.29 is 22.4 Å². The summed E-state index contributed by atoms with van der Waals surface area (Å²) >= 11 is 3.04. The predicted octanol–water partition coefficient (Wildman–Crippen LogP) is 3.65. The van der Waals surface area contributed by atoms with Crippen molar-refractivity contribution >= 4 is 27.7 Å². The van der Waals surface area contributed by atoms with Gasteiger partial charge in [-0.3, -0.25) is 4.79 Å². The Hall–Kier alpha value is -2.03. The molecular formula is C12H6BrF4N3O. The minimum Gasteiger partial charge on any atom is -0.305 e. The maximum atomic E-state index is 13.1. The fourth-order valence-corrected chi connectivity index (χ4v) is 1.65. The zero-order valence-electron chi connectivity index (χ0n) is 10.1. The van der Waals surface area contributed by atoms with Gasteiger partial charge in [0.15, 0.2) is 5.82 Å². The van der Waals surface area contributed by atoms with Crippen LogP contribution in [-0.2, 0) is 6.18 Å². The van der Waals surface area contributed by atoms with Crippen LogP contribution >= 0.6 is 15.9 Å². The van der Waals surface area contributed by atoms with E-state index < -0.39 is 23.5 Å². The number of rotatable bonds is 2. The van der Waals surface area contributed by atoms with Crippen molar-refractivity contribution in [1.29, 1.82) is 0 Å². The lowest BCUT2D eigenvalue weighted by Gasteiger charge is -2.10. The van der Waals surface area contributed by atoms with Crippen molar-refractivity contribution in [2.24, 2.45) is 0 Å². The molecule has 21 heavy (non-hydrogen) atoms. The predicted molar refractivity (Wildman–Crippen MR) is 69.1 cm³/mol. The van der Waals surface area contributed by atoms with Gasteiger partial charge < -0.3 is 5.32 Å². The lowest BCUT2D eigenvalue weighted by molar-refractivity contribution is -0.140. The number of benzene rings is 1. The first-order chi connectivity index (χ1) is 9.77. The van der Waals surface area contributed by atoms with E-state index in [9.17, 15) is 22.4 Å². The van der Waals surface area contributed by atoms with Crippen molar-refractivity contribution in [2.75, 3.05) is 5.32 Å². The number of halogens is 5. The first-order valence-corrected chi connectivity index (χ1v) is 6.22. The van der Waals surface area contributed by atoms with E-state index in [4.69, 9.17) is 0 Å². The largest absolute Gasteiger partial charge is 0.419 e. The van der Waals surface area contributed by atoms with Crippen LogP contribution in [0.15, 0.2) is 35.2 Å². The Morgan fingerprint density at radius 2 is 1.90 bits per heavy atom. The van der Waals surface area contributed by atoms with Crippen LogP contribution in [-0.4, -0.2) is 15.9 Å². The van der Waals surface area contributed by atoms with Crippen molar-refractivity contribution in [3.05, 3.63) is 52.1 Å². The normalized spacial score (nSPS) is 11.3. The second-order valence-corrected chi connectivity index (χ2v) is 4.68. The minimum atomic E-state index is -4.88. The Kier molecular flexibility index (Phi) is 4.21.